The van der Waals surface area contributed by atoms with Crippen LogP contribution in [0.3, 0.4) is 0 Å². The van der Waals surface area contributed by atoms with E-state index in [4.69, 9.17) is 0 Å². The van der Waals surface area contributed by atoms with Crippen molar-refractivity contribution in [1.29, 1.82) is 0 Å². The quantitative estimate of drug-likeness (QED) is 0.274. The summed E-state index contributed by atoms with van der Waals surface area (Å²) in [6.45, 7) is 2.21. The summed E-state index contributed by atoms with van der Waals surface area (Å²) < 4.78 is 24.8. The fourth-order valence-corrected chi connectivity index (χ4v) is 2.77. The molecule has 9 heteroatoms. The molecule has 2 rings (SSSR count). The van der Waals surface area contributed by atoms with Crippen molar-refractivity contribution in [2.45, 2.75) is 24.4 Å². The molecule has 0 fully saturated rings. The van der Waals surface area contributed by atoms with Crippen LogP contribution in [0.5, 0.6) is 0 Å². The molecule has 0 unspecified atom stereocenters. The zero-order valence-electron chi connectivity index (χ0n) is 14.3. The largest absolute Gasteiger partial charge is 0.356 e. The van der Waals surface area contributed by atoms with Gasteiger partial charge in [0.1, 0.15) is 0 Å². The van der Waals surface area contributed by atoms with E-state index >= 15 is 0 Å². The van der Waals surface area contributed by atoms with Crippen molar-refractivity contribution in [3.8, 4) is 0 Å². The van der Waals surface area contributed by atoms with Gasteiger partial charge in [0.05, 0.1) is 4.90 Å². The molecule has 0 spiro atoms. The zero-order chi connectivity index (χ0) is 17.4. The number of hydrogen-bond donors (Lipinski definition) is 2. The zero-order valence-corrected chi connectivity index (χ0v) is 17.5. The molecule has 1 aromatic heterocycles. The second-order valence-corrected chi connectivity index (χ2v) is 7.41. The molecule has 2 N–H and O–H groups in total. The molecule has 0 saturated heterocycles. The molecule has 0 aliphatic carbocycles. The highest BCUT2D eigenvalue weighted by Crippen LogP contribution is 2.10. The second-order valence-electron chi connectivity index (χ2n) is 5.39. The third kappa shape index (κ3) is 7.43. The lowest BCUT2D eigenvalue weighted by Gasteiger charge is -2.12. The van der Waals surface area contributed by atoms with E-state index in [2.05, 4.69) is 20.7 Å². The number of aliphatic imine (C=N–C) groups is 1. The smallest absolute Gasteiger partial charge is 0.191 e. The summed E-state index contributed by atoms with van der Waals surface area (Å²) >= 11 is 0. The highest BCUT2D eigenvalue weighted by molar-refractivity contribution is 14.0. The SMILES string of the molecule is CN=C(NCCCn1cccn1)NCc1ccc(S(C)(=O)=O)cc1.I. The first-order chi connectivity index (χ1) is 11.5. The Kier molecular flexibility index (Phi) is 8.90. The van der Waals surface area contributed by atoms with Gasteiger partial charge >= 0.3 is 0 Å². The van der Waals surface area contributed by atoms with Crippen molar-refractivity contribution in [3.63, 3.8) is 0 Å². The average molecular weight is 477 g/mol. The van der Waals surface area contributed by atoms with E-state index in [1.165, 1.54) is 6.26 Å². The van der Waals surface area contributed by atoms with Crippen molar-refractivity contribution >= 4 is 39.8 Å². The molecule has 0 atom stereocenters. The number of nitrogens with one attached hydrogen (secondary N) is 2. The first kappa shape index (κ1) is 21.4. The van der Waals surface area contributed by atoms with Crippen LogP contribution < -0.4 is 10.6 Å². The molecule has 0 radical (unpaired) electrons. The number of rotatable bonds is 7. The van der Waals surface area contributed by atoms with Crippen LogP contribution in [0.1, 0.15) is 12.0 Å². The van der Waals surface area contributed by atoms with Crippen molar-refractivity contribution < 1.29 is 8.42 Å². The first-order valence-corrected chi connectivity index (χ1v) is 9.59. The molecule has 0 aliphatic rings. The van der Waals surface area contributed by atoms with Gasteiger partial charge in [0, 0.05) is 45.3 Å². The van der Waals surface area contributed by atoms with Gasteiger partial charge in [-0.2, -0.15) is 5.10 Å². The van der Waals surface area contributed by atoms with Crippen LogP contribution in [0, 0.1) is 0 Å². The van der Waals surface area contributed by atoms with E-state index < -0.39 is 9.84 Å². The Bertz CT molecular complexity index is 758. The van der Waals surface area contributed by atoms with Gasteiger partial charge in [0.15, 0.2) is 15.8 Å². The molecule has 25 heavy (non-hydrogen) atoms. The number of sulfone groups is 1. The van der Waals surface area contributed by atoms with Crippen LogP contribution in [0.15, 0.2) is 52.6 Å². The number of aryl methyl sites for hydroxylation is 1. The lowest BCUT2D eigenvalue weighted by atomic mass is 10.2. The summed E-state index contributed by atoms with van der Waals surface area (Å²) in [5, 5.41) is 10.6. The number of benzene rings is 1. The van der Waals surface area contributed by atoms with E-state index in [-0.39, 0.29) is 24.0 Å². The highest BCUT2D eigenvalue weighted by Gasteiger charge is 2.06. The monoisotopic (exact) mass is 477 g/mol. The summed E-state index contributed by atoms with van der Waals surface area (Å²) in [6.07, 6.45) is 5.84. The molecule has 0 saturated carbocycles. The van der Waals surface area contributed by atoms with E-state index in [0.29, 0.717) is 17.4 Å². The van der Waals surface area contributed by atoms with Crippen LogP contribution in [0.2, 0.25) is 0 Å². The summed E-state index contributed by atoms with van der Waals surface area (Å²) in [5.74, 6) is 0.711. The van der Waals surface area contributed by atoms with Crippen LogP contribution in [-0.4, -0.2) is 44.0 Å². The maximum atomic E-state index is 11.4. The molecule has 7 nitrogen and oxygen atoms in total. The molecule has 1 aromatic carbocycles. The summed E-state index contributed by atoms with van der Waals surface area (Å²) in [6, 6.07) is 8.74. The molecule has 2 aromatic rings. The van der Waals surface area contributed by atoms with Crippen molar-refractivity contribution in [2.24, 2.45) is 4.99 Å². The summed E-state index contributed by atoms with van der Waals surface area (Å²) in [5.41, 5.74) is 0.988. The van der Waals surface area contributed by atoms with Gasteiger partial charge in [0.25, 0.3) is 0 Å². The van der Waals surface area contributed by atoms with Crippen LogP contribution >= 0.6 is 24.0 Å². The fraction of sp³-hybridized carbons (Fsp3) is 0.375. The minimum Gasteiger partial charge on any atom is -0.356 e. The van der Waals surface area contributed by atoms with Crippen molar-refractivity contribution in [1.82, 2.24) is 20.4 Å². The number of guanidine groups is 1. The van der Waals surface area contributed by atoms with Gasteiger partial charge < -0.3 is 10.6 Å². The number of aromatic nitrogens is 2. The molecule has 0 bridgehead atoms. The van der Waals surface area contributed by atoms with Crippen LogP contribution in [-0.2, 0) is 22.9 Å². The van der Waals surface area contributed by atoms with E-state index in [9.17, 15) is 8.42 Å². The second kappa shape index (κ2) is 10.4. The Morgan fingerprint density at radius 3 is 2.52 bits per heavy atom. The minimum absolute atomic E-state index is 0. The van der Waals surface area contributed by atoms with Gasteiger partial charge in [-0.25, -0.2) is 8.42 Å². The topological polar surface area (TPSA) is 88.4 Å². The van der Waals surface area contributed by atoms with Crippen LogP contribution in [0.25, 0.3) is 0 Å². The number of hydrogen-bond acceptors (Lipinski definition) is 4. The Hall–Kier alpha value is -1.62. The van der Waals surface area contributed by atoms with Crippen molar-refractivity contribution in [3.05, 3.63) is 48.3 Å². The Morgan fingerprint density at radius 2 is 1.96 bits per heavy atom. The lowest BCUT2D eigenvalue weighted by molar-refractivity contribution is 0.570. The fourth-order valence-electron chi connectivity index (χ4n) is 2.14. The van der Waals surface area contributed by atoms with E-state index in [0.717, 1.165) is 25.1 Å². The van der Waals surface area contributed by atoms with Crippen molar-refractivity contribution in [2.75, 3.05) is 19.8 Å². The van der Waals surface area contributed by atoms with E-state index in [1.807, 2.05) is 16.9 Å². The van der Waals surface area contributed by atoms with Gasteiger partial charge in [-0.15, -0.1) is 24.0 Å². The Morgan fingerprint density at radius 1 is 1.24 bits per heavy atom. The van der Waals surface area contributed by atoms with Gasteiger partial charge in [-0.1, -0.05) is 12.1 Å². The van der Waals surface area contributed by atoms with Gasteiger partial charge in [-0.05, 0) is 30.2 Å². The van der Waals surface area contributed by atoms with Gasteiger partial charge in [-0.3, -0.25) is 9.67 Å². The summed E-state index contributed by atoms with van der Waals surface area (Å²) in [7, 11) is -1.43. The van der Waals surface area contributed by atoms with E-state index in [1.54, 1.807) is 37.5 Å². The molecular formula is C16H24IN5O2S. The number of halogens is 1. The lowest BCUT2D eigenvalue weighted by Crippen LogP contribution is -2.37. The Labute approximate surface area is 165 Å². The summed E-state index contributed by atoms with van der Waals surface area (Å²) in [4.78, 5) is 4.50. The minimum atomic E-state index is -3.15. The number of nitrogens with zero attached hydrogens (tertiary/aromatic N) is 3. The third-order valence-corrected chi connectivity index (χ3v) is 4.58. The van der Waals surface area contributed by atoms with Gasteiger partial charge in [0.2, 0.25) is 0 Å². The molecular weight excluding hydrogens is 453 g/mol. The first-order valence-electron chi connectivity index (χ1n) is 7.70. The maximum Gasteiger partial charge on any atom is 0.191 e. The third-order valence-electron chi connectivity index (χ3n) is 3.45. The maximum absolute atomic E-state index is 11.4. The predicted octanol–water partition coefficient (Wildman–Crippen LogP) is 1.66. The molecule has 0 aliphatic heterocycles. The molecule has 138 valence electrons. The average Bonchev–Trinajstić information content (AvgIpc) is 3.07. The Balaban J connectivity index is 0.00000312. The molecule has 0 amide bonds. The van der Waals surface area contributed by atoms with Crippen LogP contribution in [0.4, 0.5) is 0 Å². The highest BCUT2D eigenvalue weighted by atomic mass is 127. The normalized spacial score (nSPS) is 11.7. The predicted molar refractivity (Wildman–Crippen MR) is 110 cm³/mol. The standard InChI is InChI=1S/C16H23N5O2S.HI/c1-17-16(18-9-3-11-21-12-4-10-20-21)19-13-14-5-7-15(8-6-14)24(2,22)23;/h4-8,10,12H,3,9,11,13H2,1-2H3,(H2,17,18,19);1H. The molecule has 1 heterocycles.